The lowest BCUT2D eigenvalue weighted by atomic mass is 10.3. The van der Waals surface area contributed by atoms with Crippen LogP contribution in [0.25, 0.3) is 11.3 Å². The summed E-state index contributed by atoms with van der Waals surface area (Å²) in [5.41, 5.74) is -0.889. The fourth-order valence-corrected chi connectivity index (χ4v) is 1.79. The predicted molar refractivity (Wildman–Crippen MR) is 59.8 cm³/mol. The maximum Gasteiger partial charge on any atom is 0.435 e. The molecule has 3 aromatic heterocycles. The first kappa shape index (κ1) is 12.2. The highest BCUT2D eigenvalue weighted by Gasteiger charge is 2.34. The van der Waals surface area contributed by atoms with Gasteiger partial charge in [0.25, 0.3) is 0 Å². The van der Waals surface area contributed by atoms with Crippen molar-refractivity contribution in [3.63, 3.8) is 0 Å². The van der Waals surface area contributed by atoms with E-state index in [1.807, 2.05) is 6.07 Å². The number of imidazole rings is 1. The van der Waals surface area contributed by atoms with Gasteiger partial charge in [-0.25, -0.2) is 14.5 Å². The number of aromatic nitrogens is 5. The Hall–Kier alpha value is -2.89. The SMILES string of the molecule is N#Cc1nccn1-c1nccn2nc(C(F)(F)F)cc12. The molecule has 100 valence electrons. The third-order valence-electron chi connectivity index (χ3n) is 2.63. The number of hydrogen-bond donors (Lipinski definition) is 0. The van der Waals surface area contributed by atoms with Gasteiger partial charge in [-0.15, -0.1) is 0 Å². The molecule has 0 aliphatic carbocycles. The van der Waals surface area contributed by atoms with Gasteiger partial charge >= 0.3 is 6.18 Å². The van der Waals surface area contributed by atoms with Gasteiger partial charge in [0.1, 0.15) is 11.6 Å². The molecule has 3 rings (SSSR count). The van der Waals surface area contributed by atoms with Crippen LogP contribution >= 0.6 is 0 Å². The number of hydrogen-bond acceptors (Lipinski definition) is 4. The number of nitrogens with zero attached hydrogens (tertiary/aromatic N) is 6. The van der Waals surface area contributed by atoms with E-state index in [4.69, 9.17) is 5.26 Å². The van der Waals surface area contributed by atoms with Crippen molar-refractivity contribution < 1.29 is 13.2 Å². The molecular weight excluding hydrogens is 273 g/mol. The largest absolute Gasteiger partial charge is 0.435 e. The summed E-state index contributed by atoms with van der Waals surface area (Å²) in [5.74, 6) is 0.185. The van der Waals surface area contributed by atoms with Crippen LogP contribution in [0.4, 0.5) is 13.2 Å². The van der Waals surface area contributed by atoms with Crippen molar-refractivity contribution >= 4 is 5.52 Å². The lowest BCUT2D eigenvalue weighted by Gasteiger charge is -2.03. The van der Waals surface area contributed by atoms with Crippen molar-refractivity contribution in [2.75, 3.05) is 0 Å². The third-order valence-corrected chi connectivity index (χ3v) is 2.63. The second kappa shape index (κ2) is 4.06. The summed E-state index contributed by atoms with van der Waals surface area (Å²) in [6.45, 7) is 0. The summed E-state index contributed by atoms with van der Waals surface area (Å²) >= 11 is 0. The first-order valence-corrected chi connectivity index (χ1v) is 5.36. The first-order valence-electron chi connectivity index (χ1n) is 5.36. The molecule has 3 heterocycles. The molecule has 0 bridgehead atoms. The van der Waals surface area contributed by atoms with E-state index in [0.29, 0.717) is 0 Å². The molecule has 0 atom stereocenters. The topological polar surface area (TPSA) is 71.8 Å². The van der Waals surface area contributed by atoms with Crippen molar-refractivity contribution in [2.45, 2.75) is 6.18 Å². The standard InChI is InChI=1S/C11H5F3N6/c12-11(13,14)8-5-7-10(17-2-4-20(7)18-8)19-3-1-16-9(19)6-15/h1-5H. The Morgan fingerprint density at radius 2 is 1.90 bits per heavy atom. The molecule has 0 saturated carbocycles. The van der Waals surface area contributed by atoms with Gasteiger partial charge in [-0.05, 0) is 0 Å². The molecule has 0 aliphatic heterocycles. The van der Waals surface area contributed by atoms with Crippen LogP contribution in [0, 0.1) is 11.3 Å². The Bertz CT molecular complexity index is 823. The quantitative estimate of drug-likeness (QED) is 0.680. The highest BCUT2D eigenvalue weighted by atomic mass is 19.4. The highest BCUT2D eigenvalue weighted by Crippen LogP contribution is 2.29. The van der Waals surface area contributed by atoms with Crippen LogP contribution in [0.15, 0.2) is 30.9 Å². The molecule has 6 nitrogen and oxygen atoms in total. The fraction of sp³-hybridized carbons (Fsp3) is 0.0909. The Balaban J connectivity index is 2.28. The van der Waals surface area contributed by atoms with Crippen molar-refractivity contribution in [1.29, 1.82) is 5.26 Å². The summed E-state index contributed by atoms with van der Waals surface area (Å²) in [6.07, 6.45) is 0.871. The Labute approximate surface area is 109 Å². The van der Waals surface area contributed by atoms with E-state index in [1.54, 1.807) is 0 Å². The second-order valence-corrected chi connectivity index (χ2v) is 3.84. The highest BCUT2D eigenvalue weighted by molar-refractivity contribution is 5.61. The van der Waals surface area contributed by atoms with Gasteiger partial charge in [0.2, 0.25) is 5.82 Å². The zero-order valence-electron chi connectivity index (χ0n) is 9.70. The van der Waals surface area contributed by atoms with Crippen LogP contribution in [-0.2, 0) is 6.18 Å². The second-order valence-electron chi connectivity index (χ2n) is 3.84. The van der Waals surface area contributed by atoms with E-state index < -0.39 is 11.9 Å². The maximum atomic E-state index is 12.7. The van der Waals surface area contributed by atoms with Crippen LogP contribution in [-0.4, -0.2) is 24.1 Å². The van der Waals surface area contributed by atoms with Gasteiger partial charge in [0.05, 0.1) is 0 Å². The van der Waals surface area contributed by atoms with Crippen LogP contribution in [0.3, 0.4) is 0 Å². The van der Waals surface area contributed by atoms with Gasteiger partial charge in [0.15, 0.2) is 11.5 Å². The zero-order chi connectivity index (χ0) is 14.3. The minimum atomic E-state index is -4.55. The molecule has 0 N–H and O–H groups in total. The monoisotopic (exact) mass is 278 g/mol. The number of rotatable bonds is 1. The lowest BCUT2D eigenvalue weighted by Crippen LogP contribution is -2.05. The average molecular weight is 278 g/mol. The number of alkyl halides is 3. The first-order chi connectivity index (χ1) is 9.50. The average Bonchev–Trinajstić information content (AvgIpc) is 3.03. The number of nitriles is 1. The fourth-order valence-electron chi connectivity index (χ4n) is 1.79. The van der Waals surface area contributed by atoms with E-state index in [9.17, 15) is 13.2 Å². The van der Waals surface area contributed by atoms with E-state index in [2.05, 4.69) is 15.1 Å². The Morgan fingerprint density at radius 1 is 1.15 bits per heavy atom. The normalized spacial score (nSPS) is 11.7. The van der Waals surface area contributed by atoms with Crippen LogP contribution < -0.4 is 0 Å². The van der Waals surface area contributed by atoms with E-state index in [1.165, 1.54) is 29.4 Å². The molecule has 0 spiro atoms. The molecular formula is C11H5F3N6. The molecule has 0 amide bonds. The van der Waals surface area contributed by atoms with E-state index in [0.717, 1.165) is 10.6 Å². The number of fused-ring (bicyclic) bond motifs is 1. The summed E-state index contributed by atoms with van der Waals surface area (Å²) in [7, 11) is 0. The summed E-state index contributed by atoms with van der Waals surface area (Å²) in [5, 5.41) is 12.4. The van der Waals surface area contributed by atoms with Crippen molar-refractivity contribution in [3.8, 4) is 11.9 Å². The van der Waals surface area contributed by atoms with Crippen LogP contribution in [0.2, 0.25) is 0 Å². The third kappa shape index (κ3) is 1.78. The molecule has 0 unspecified atom stereocenters. The predicted octanol–water partition coefficient (Wildman–Crippen LogP) is 1.81. The zero-order valence-corrected chi connectivity index (χ0v) is 9.70. The van der Waals surface area contributed by atoms with Crippen molar-refractivity contribution in [3.05, 3.63) is 42.4 Å². The molecule has 0 radical (unpaired) electrons. The smallest absolute Gasteiger partial charge is 0.274 e. The van der Waals surface area contributed by atoms with Crippen LogP contribution in [0.1, 0.15) is 11.5 Å². The molecule has 0 aliphatic rings. The molecule has 3 aromatic rings. The minimum absolute atomic E-state index is 0.0281. The van der Waals surface area contributed by atoms with Crippen molar-refractivity contribution in [1.82, 2.24) is 24.1 Å². The minimum Gasteiger partial charge on any atom is -0.274 e. The van der Waals surface area contributed by atoms with E-state index in [-0.39, 0.29) is 17.2 Å². The molecule has 9 heteroatoms. The number of halogens is 3. The van der Waals surface area contributed by atoms with Gasteiger partial charge in [-0.1, -0.05) is 0 Å². The lowest BCUT2D eigenvalue weighted by molar-refractivity contribution is -0.141. The van der Waals surface area contributed by atoms with Crippen LogP contribution in [0.5, 0.6) is 0 Å². The van der Waals surface area contributed by atoms with Gasteiger partial charge in [-0.2, -0.15) is 23.5 Å². The molecule has 0 aromatic carbocycles. The van der Waals surface area contributed by atoms with Gasteiger partial charge in [-0.3, -0.25) is 4.57 Å². The summed E-state index contributed by atoms with van der Waals surface area (Å²) < 4.78 is 40.4. The molecule has 0 saturated heterocycles. The summed E-state index contributed by atoms with van der Waals surface area (Å²) in [6, 6.07) is 2.71. The molecule has 20 heavy (non-hydrogen) atoms. The van der Waals surface area contributed by atoms with E-state index >= 15 is 0 Å². The Kier molecular flexibility index (Phi) is 2.47. The summed E-state index contributed by atoms with van der Waals surface area (Å²) in [4.78, 5) is 7.78. The van der Waals surface area contributed by atoms with Crippen molar-refractivity contribution in [2.24, 2.45) is 0 Å². The Morgan fingerprint density at radius 3 is 2.60 bits per heavy atom. The maximum absolute atomic E-state index is 12.7. The van der Waals surface area contributed by atoms with Gasteiger partial charge < -0.3 is 0 Å². The van der Waals surface area contributed by atoms with Gasteiger partial charge in [0, 0.05) is 30.9 Å². The molecule has 0 fully saturated rings.